The van der Waals surface area contributed by atoms with Gasteiger partial charge >= 0.3 is 5.97 Å². The van der Waals surface area contributed by atoms with E-state index in [1.165, 1.54) is 25.7 Å². The van der Waals surface area contributed by atoms with Crippen molar-refractivity contribution in [3.05, 3.63) is 0 Å². The Morgan fingerprint density at radius 3 is 2.74 bits per heavy atom. The first kappa shape index (κ1) is 15.2. The van der Waals surface area contributed by atoms with Crippen molar-refractivity contribution in [2.75, 3.05) is 12.4 Å². The van der Waals surface area contributed by atoms with Gasteiger partial charge in [-0.1, -0.05) is 19.3 Å². The molecule has 0 spiro atoms. The van der Waals surface area contributed by atoms with Gasteiger partial charge in [0.1, 0.15) is 5.54 Å². The Morgan fingerprint density at radius 2 is 2.05 bits per heavy atom. The second kappa shape index (κ2) is 6.98. The lowest BCUT2D eigenvalue weighted by molar-refractivity contribution is -0.151. The van der Waals surface area contributed by atoms with Crippen molar-refractivity contribution in [3.8, 4) is 0 Å². The summed E-state index contributed by atoms with van der Waals surface area (Å²) in [6.07, 6.45) is 9.55. The second-order valence-corrected chi connectivity index (χ2v) is 7.32. The van der Waals surface area contributed by atoms with Gasteiger partial charge in [-0.2, -0.15) is 11.8 Å². The Balaban J connectivity index is 1.79. The minimum atomic E-state index is -0.702. The normalized spacial score (nSPS) is 31.8. The number of carbonyl (C=O) groups is 1. The van der Waals surface area contributed by atoms with Crippen LogP contribution in [0.1, 0.15) is 58.3 Å². The summed E-state index contributed by atoms with van der Waals surface area (Å²) in [7, 11) is 0. The first-order valence-corrected chi connectivity index (χ1v) is 8.79. The number of ether oxygens (including phenoxy) is 1. The predicted octanol–water partition coefficient (Wildman–Crippen LogP) is 3.11. The largest absolute Gasteiger partial charge is 0.465 e. The van der Waals surface area contributed by atoms with Crippen molar-refractivity contribution in [3.63, 3.8) is 0 Å². The Hall–Kier alpha value is -0.220. The molecule has 2 N–H and O–H groups in total. The summed E-state index contributed by atoms with van der Waals surface area (Å²) in [5, 5.41) is 0.858. The maximum Gasteiger partial charge on any atom is 0.326 e. The molecule has 110 valence electrons. The molecule has 0 amide bonds. The predicted molar refractivity (Wildman–Crippen MR) is 80.2 cm³/mol. The van der Waals surface area contributed by atoms with Gasteiger partial charge in [0.15, 0.2) is 0 Å². The second-order valence-electron chi connectivity index (χ2n) is 5.92. The van der Waals surface area contributed by atoms with E-state index in [-0.39, 0.29) is 5.97 Å². The highest BCUT2D eigenvalue weighted by Crippen LogP contribution is 2.39. The van der Waals surface area contributed by atoms with Crippen LogP contribution >= 0.6 is 11.8 Å². The highest BCUT2D eigenvalue weighted by atomic mass is 32.2. The number of carbonyl (C=O) groups excluding carboxylic acids is 1. The van der Waals surface area contributed by atoms with E-state index < -0.39 is 5.54 Å². The zero-order chi connectivity index (χ0) is 13.7. The molecule has 19 heavy (non-hydrogen) atoms. The van der Waals surface area contributed by atoms with Crippen molar-refractivity contribution in [1.82, 2.24) is 0 Å². The van der Waals surface area contributed by atoms with Gasteiger partial charge in [-0.15, -0.1) is 0 Å². The molecule has 0 aliphatic heterocycles. The van der Waals surface area contributed by atoms with Gasteiger partial charge in [-0.05, 0) is 50.7 Å². The van der Waals surface area contributed by atoms with E-state index in [4.69, 9.17) is 10.5 Å². The molecule has 2 aliphatic rings. The lowest BCUT2D eigenvalue weighted by Gasteiger charge is -2.29. The van der Waals surface area contributed by atoms with Crippen LogP contribution in [0.2, 0.25) is 0 Å². The molecule has 4 heteroatoms. The van der Waals surface area contributed by atoms with E-state index in [2.05, 4.69) is 11.8 Å². The minimum Gasteiger partial charge on any atom is -0.465 e. The van der Waals surface area contributed by atoms with Crippen LogP contribution in [0.15, 0.2) is 0 Å². The summed E-state index contributed by atoms with van der Waals surface area (Å²) in [6.45, 7) is 2.28. The zero-order valence-electron chi connectivity index (χ0n) is 12.0. The maximum absolute atomic E-state index is 12.0. The van der Waals surface area contributed by atoms with Crippen molar-refractivity contribution in [1.29, 1.82) is 0 Å². The maximum atomic E-state index is 12.0. The van der Waals surface area contributed by atoms with Crippen LogP contribution in [-0.4, -0.2) is 29.1 Å². The van der Waals surface area contributed by atoms with E-state index in [1.807, 2.05) is 6.92 Å². The molecule has 2 fully saturated rings. The average molecular weight is 285 g/mol. The molecule has 0 saturated heterocycles. The molecule has 2 saturated carbocycles. The fraction of sp³-hybridized carbons (Fsp3) is 0.933. The third-order valence-corrected chi connectivity index (χ3v) is 6.06. The smallest absolute Gasteiger partial charge is 0.326 e. The molecule has 2 unspecified atom stereocenters. The van der Waals surface area contributed by atoms with Gasteiger partial charge in [0, 0.05) is 5.25 Å². The van der Waals surface area contributed by atoms with E-state index >= 15 is 0 Å². The van der Waals surface area contributed by atoms with Gasteiger partial charge in [-0.3, -0.25) is 4.79 Å². The number of hydrogen-bond donors (Lipinski definition) is 1. The number of esters is 1. The van der Waals surface area contributed by atoms with Crippen LogP contribution < -0.4 is 5.73 Å². The number of nitrogens with two attached hydrogens (primary N) is 1. The Labute approximate surface area is 121 Å². The Bertz CT molecular complexity index is 305. The molecule has 0 aromatic rings. The number of rotatable bonds is 6. The van der Waals surface area contributed by atoms with E-state index in [0.29, 0.717) is 12.5 Å². The fourth-order valence-electron chi connectivity index (χ4n) is 3.47. The van der Waals surface area contributed by atoms with Crippen LogP contribution in [0.5, 0.6) is 0 Å². The first-order chi connectivity index (χ1) is 9.16. The number of hydrogen-bond acceptors (Lipinski definition) is 4. The molecule has 2 rings (SSSR count). The third-order valence-electron chi connectivity index (χ3n) is 4.65. The summed E-state index contributed by atoms with van der Waals surface area (Å²) in [4.78, 5) is 12.0. The highest BCUT2D eigenvalue weighted by molar-refractivity contribution is 7.99. The lowest BCUT2D eigenvalue weighted by Crippen LogP contribution is -2.52. The van der Waals surface area contributed by atoms with Crippen LogP contribution in [0.3, 0.4) is 0 Å². The lowest BCUT2D eigenvalue weighted by atomic mass is 9.86. The molecule has 0 heterocycles. The van der Waals surface area contributed by atoms with Gasteiger partial charge in [0.25, 0.3) is 0 Å². The Morgan fingerprint density at radius 1 is 1.32 bits per heavy atom. The summed E-state index contributed by atoms with van der Waals surface area (Å²) in [6, 6.07) is 0. The van der Waals surface area contributed by atoms with E-state index in [9.17, 15) is 4.79 Å². The molecule has 0 bridgehead atoms. The fourth-order valence-corrected chi connectivity index (χ4v) is 4.89. The monoisotopic (exact) mass is 285 g/mol. The molecule has 3 nitrogen and oxygen atoms in total. The van der Waals surface area contributed by atoms with Crippen molar-refractivity contribution < 1.29 is 9.53 Å². The van der Waals surface area contributed by atoms with Gasteiger partial charge < -0.3 is 10.5 Å². The van der Waals surface area contributed by atoms with Crippen LogP contribution in [0.4, 0.5) is 0 Å². The molecule has 2 aliphatic carbocycles. The van der Waals surface area contributed by atoms with Gasteiger partial charge in [-0.25, -0.2) is 0 Å². The third kappa shape index (κ3) is 3.66. The van der Waals surface area contributed by atoms with Crippen molar-refractivity contribution in [2.45, 2.75) is 69.1 Å². The molecular weight excluding hydrogens is 258 g/mol. The first-order valence-electron chi connectivity index (χ1n) is 7.74. The Kier molecular flexibility index (Phi) is 5.58. The van der Waals surface area contributed by atoms with Crippen LogP contribution in [-0.2, 0) is 9.53 Å². The average Bonchev–Trinajstić information content (AvgIpc) is 3.01. The van der Waals surface area contributed by atoms with Crippen LogP contribution in [0.25, 0.3) is 0 Å². The highest BCUT2D eigenvalue weighted by Gasteiger charge is 2.46. The molecule has 0 aromatic heterocycles. The topological polar surface area (TPSA) is 52.3 Å². The number of thioether (sulfide) groups is 1. The summed E-state index contributed by atoms with van der Waals surface area (Å²) >= 11 is 2.09. The summed E-state index contributed by atoms with van der Waals surface area (Å²) < 4.78 is 5.17. The quantitative estimate of drug-likeness (QED) is 0.762. The molecule has 0 aromatic carbocycles. The molecular formula is C15H27NO2S. The van der Waals surface area contributed by atoms with Crippen LogP contribution in [0, 0.1) is 5.92 Å². The van der Waals surface area contributed by atoms with Gasteiger partial charge in [0.05, 0.1) is 6.61 Å². The van der Waals surface area contributed by atoms with Crippen molar-refractivity contribution in [2.24, 2.45) is 11.7 Å². The van der Waals surface area contributed by atoms with E-state index in [0.717, 1.165) is 36.7 Å². The van der Waals surface area contributed by atoms with E-state index in [1.54, 1.807) is 0 Å². The SMILES string of the molecule is CCOC(=O)C1(N)CCCC1CCSC1CCCC1. The zero-order valence-corrected chi connectivity index (χ0v) is 12.8. The standard InChI is InChI=1S/C15H27NO2S/c1-2-18-14(17)15(16)10-5-6-12(15)9-11-19-13-7-3-4-8-13/h12-13H,2-11,16H2,1H3. The summed E-state index contributed by atoms with van der Waals surface area (Å²) in [5.41, 5.74) is 5.64. The molecule has 0 radical (unpaired) electrons. The minimum absolute atomic E-state index is 0.177. The van der Waals surface area contributed by atoms with Gasteiger partial charge in [0.2, 0.25) is 0 Å². The summed E-state index contributed by atoms with van der Waals surface area (Å²) in [5.74, 6) is 1.29. The molecule has 2 atom stereocenters. The van der Waals surface area contributed by atoms with Crippen molar-refractivity contribution >= 4 is 17.7 Å².